The Morgan fingerprint density at radius 3 is 2.27 bits per heavy atom. The van der Waals surface area contributed by atoms with Crippen molar-refractivity contribution >= 4 is 27.8 Å². The van der Waals surface area contributed by atoms with E-state index in [1.807, 2.05) is 30.3 Å². The fourth-order valence-electron chi connectivity index (χ4n) is 4.89. The number of aliphatic carboxylic acids is 1. The number of fused-ring (bicyclic) bond motifs is 3. The molecule has 0 unspecified atom stereocenters. The fourth-order valence-corrected chi connectivity index (χ4v) is 4.89. The van der Waals surface area contributed by atoms with E-state index in [9.17, 15) is 9.90 Å². The molecule has 1 heterocycles. The molecule has 0 fully saturated rings. The van der Waals surface area contributed by atoms with E-state index in [4.69, 9.17) is 9.47 Å². The van der Waals surface area contributed by atoms with Gasteiger partial charge in [-0.1, -0.05) is 66.7 Å². The molecule has 0 aliphatic carbocycles. The van der Waals surface area contributed by atoms with Gasteiger partial charge in [0.1, 0.15) is 12.4 Å². The Morgan fingerprint density at radius 1 is 0.811 bits per heavy atom. The molecule has 0 saturated carbocycles. The van der Waals surface area contributed by atoms with Crippen LogP contribution in [0.3, 0.4) is 0 Å². The smallest absolute Gasteiger partial charge is 0.333 e. The fraction of sp³-hybridized carbons (Fsp3) is 0.219. The van der Waals surface area contributed by atoms with Crippen molar-refractivity contribution in [2.24, 2.45) is 0 Å². The van der Waals surface area contributed by atoms with Crippen molar-refractivity contribution in [3.63, 3.8) is 0 Å². The first-order valence-electron chi connectivity index (χ1n) is 12.7. The molecular formula is C32H31NO4. The van der Waals surface area contributed by atoms with Gasteiger partial charge in [0, 0.05) is 34.8 Å². The lowest BCUT2D eigenvalue weighted by atomic mass is 10.0. The molecule has 5 aromatic rings. The summed E-state index contributed by atoms with van der Waals surface area (Å²) in [5.74, 6) is -0.182. The molecule has 1 atom stereocenters. The predicted octanol–water partition coefficient (Wildman–Crippen LogP) is 6.50. The lowest BCUT2D eigenvalue weighted by molar-refractivity contribution is -0.149. The van der Waals surface area contributed by atoms with E-state index in [0.717, 1.165) is 24.3 Å². The molecule has 0 bridgehead atoms. The summed E-state index contributed by atoms with van der Waals surface area (Å²) < 4.78 is 13.7. The Labute approximate surface area is 216 Å². The number of hydrogen-bond donors (Lipinski definition) is 1. The summed E-state index contributed by atoms with van der Waals surface area (Å²) in [7, 11) is 0. The number of hydrogen-bond acceptors (Lipinski definition) is 3. The van der Waals surface area contributed by atoms with Crippen LogP contribution in [0.2, 0.25) is 0 Å². The van der Waals surface area contributed by atoms with Gasteiger partial charge >= 0.3 is 5.97 Å². The molecule has 1 N–H and O–H groups in total. The van der Waals surface area contributed by atoms with Crippen molar-refractivity contribution in [1.29, 1.82) is 0 Å². The maximum absolute atomic E-state index is 11.3. The summed E-state index contributed by atoms with van der Waals surface area (Å²) in [6.07, 6.45) is 0.407. The van der Waals surface area contributed by atoms with Crippen LogP contribution in [0, 0.1) is 0 Å². The first-order chi connectivity index (χ1) is 18.1. The molecule has 5 heteroatoms. The van der Waals surface area contributed by atoms with E-state index in [1.165, 1.54) is 32.9 Å². The van der Waals surface area contributed by atoms with Gasteiger partial charge in [0.2, 0.25) is 0 Å². The van der Waals surface area contributed by atoms with Gasteiger partial charge in [-0.2, -0.15) is 0 Å². The van der Waals surface area contributed by atoms with Gasteiger partial charge in [-0.15, -0.1) is 0 Å². The van der Waals surface area contributed by atoms with Crippen molar-refractivity contribution in [3.05, 3.63) is 114 Å². The van der Waals surface area contributed by atoms with Crippen molar-refractivity contribution in [1.82, 2.24) is 4.57 Å². The maximum atomic E-state index is 11.3. The van der Waals surface area contributed by atoms with Crippen LogP contribution in [0.15, 0.2) is 97.1 Å². The molecular weight excluding hydrogens is 462 g/mol. The summed E-state index contributed by atoms with van der Waals surface area (Å²) in [6.45, 7) is 3.41. The molecule has 37 heavy (non-hydrogen) atoms. The van der Waals surface area contributed by atoms with E-state index in [2.05, 4.69) is 71.3 Å². The highest BCUT2D eigenvalue weighted by atomic mass is 16.5. The van der Waals surface area contributed by atoms with Gasteiger partial charge in [0.05, 0.1) is 6.54 Å². The molecule has 1 aromatic heterocycles. The number of rotatable bonds is 11. The number of para-hydroxylation sites is 1. The van der Waals surface area contributed by atoms with E-state index in [0.29, 0.717) is 19.6 Å². The van der Waals surface area contributed by atoms with Gasteiger partial charge in [-0.3, -0.25) is 0 Å². The van der Waals surface area contributed by atoms with Crippen LogP contribution < -0.4 is 4.74 Å². The summed E-state index contributed by atoms with van der Waals surface area (Å²) >= 11 is 0. The number of ether oxygens (including phenoxy) is 2. The Balaban J connectivity index is 1.30. The highest BCUT2D eigenvalue weighted by Crippen LogP contribution is 2.30. The number of aromatic nitrogens is 1. The zero-order valence-corrected chi connectivity index (χ0v) is 21.0. The summed E-state index contributed by atoms with van der Waals surface area (Å²) in [5.41, 5.74) is 5.91. The minimum atomic E-state index is -0.944. The molecule has 188 valence electrons. The van der Waals surface area contributed by atoms with Crippen molar-refractivity contribution in [2.45, 2.75) is 32.4 Å². The van der Waals surface area contributed by atoms with E-state index < -0.39 is 12.1 Å². The molecule has 0 spiro atoms. The molecule has 5 rings (SSSR count). The van der Waals surface area contributed by atoms with Crippen LogP contribution >= 0.6 is 0 Å². The van der Waals surface area contributed by atoms with Crippen molar-refractivity contribution in [3.8, 4) is 5.75 Å². The average Bonchev–Trinajstić information content (AvgIpc) is 3.23. The van der Waals surface area contributed by atoms with Crippen LogP contribution in [-0.4, -0.2) is 35.0 Å². The zero-order valence-electron chi connectivity index (χ0n) is 21.0. The standard InChI is InChI=1S/C32H31NO4/c1-2-36-31(32(34)35)22-24-12-15-26(16-13-24)37-19-18-33-29-11-7-6-10-27(29)28-21-25(14-17-30(28)33)20-23-8-4-3-5-9-23/h3-17,21,31H,2,18-20,22H2,1H3,(H,34,35)/t31-/m0/s1. The van der Waals surface area contributed by atoms with Crippen LogP contribution in [-0.2, 0) is 28.9 Å². The molecule has 5 nitrogen and oxygen atoms in total. The Bertz CT molecular complexity index is 1490. The Morgan fingerprint density at radius 2 is 1.51 bits per heavy atom. The number of carbonyl (C=O) groups is 1. The zero-order chi connectivity index (χ0) is 25.6. The van der Waals surface area contributed by atoms with E-state index >= 15 is 0 Å². The minimum Gasteiger partial charge on any atom is -0.492 e. The average molecular weight is 494 g/mol. The first kappa shape index (κ1) is 24.6. The maximum Gasteiger partial charge on any atom is 0.333 e. The first-order valence-corrected chi connectivity index (χ1v) is 12.7. The SMILES string of the molecule is CCO[C@@H](Cc1ccc(OCCn2c3ccccc3c3cc(Cc4ccccc4)ccc32)cc1)C(=O)O. The molecule has 4 aromatic carbocycles. The van der Waals surface area contributed by atoms with Gasteiger partial charge in [0.25, 0.3) is 0 Å². The van der Waals surface area contributed by atoms with Crippen LogP contribution in [0.25, 0.3) is 21.8 Å². The molecule has 0 aliphatic rings. The number of carboxylic acid groups (broad SMARTS) is 1. The van der Waals surface area contributed by atoms with Gasteiger partial charge in [-0.25, -0.2) is 4.79 Å². The lowest BCUT2D eigenvalue weighted by Gasteiger charge is -2.13. The summed E-state index contributed by atoms with van der Waals surface area (Å²) in [4.78, 5) is 11.3. The molecule has 0 radical (unpaired) electrons. The topological polar surface area (TPSA) is 60.7 Å². The third-order valence-electron chi connectivity index (χ3n) is 6.66. The highest BCUT2D eigenvalue weighted by Gasteiger charge is 2.18. The molecule has 0 amide bonds. The monoisotopic (exact) mass is 493 g/mol. The van der Waals surface area contributed by atoms with Crippen molar-refractivity contribution in [2.75, 3.05) is 13.2 Å². The highest BCUT2D eigenvalue weighted by molar-refractivity contribution is 6.08. The van der Waals surface area contributed by atoms with Gasteiger partial charge in [-0.05, 0) is 60.4 Å². The number of carboxylic acids is 1. The largest absolute Gasteiger partial charge is 0.492 e. The number of nitrogens with zero attached hydrogens (tertiary/aromatic N) is 1. The lowest BCUT2D eigenvalue weighted by Crippen LogP contribution is -2.26. The Kier molecular flexibility index (Phi) is 7.52. The molecule has 0 saturated heterocycles. The van der Waals surface area contributed by atoms with Gasteiger partial charge in [0.15, 0.2) is 6.10 Å². The normalized spacial score (nSPS) is 12.1. The van der Waals surface area contributed by atoms with Crippen LogP contribution in [0.5, 0.6) is 5.75 Å². The molecule has 0 aliphatic heterocycles. The second-order valence-corrected chi connectivity index (χ2v) is 9.16. The second kappa shape index (κ2) is 11.3. The minimum absolute atomic E-state index is 0.330. The third kappa shape index (κ3) is 5.68. The predicted molar refractivity (Wildman–Crippen MR) is 147 cm³/mol. The van der Waals surface area contributed by atoms with Crippen LogP contribution in [0.1, 0.15) is 23.6 Å². The van der Waals surface area contributed by atoms with E-state index in [-0.39, 0.29) is 0 Å². The number of benzene rings is 4. The summed E-state index contributed by atoms with van der Waals surface area (Å²) in [6, 6.07) is 33.4. The summed E-state index contributed by atoms with van der Waals surface area (Å²) in [5, 5.41) is 11.8. The quantitative estimate of drug-likeness (QED) is 0.228. The van der Waals surface area contributed by atoms with E-state index in [1.54, 1.807) is 6.92 Å². The van der Waals surface area contributed by atoms with Crippen LogP contribution in [0.4, 0.5) is 0 Å². The third-order valence-corrected chi connectivity index (χ3v) is 6.66. The van der Waals surface area contributed by atoms with Crippen molar-refractivity contribution < 1.29 is 19.4 Å². The van der Waals surface area contributed by atoms with Gasteiger partial charge < -0.3 is 19.1 Å². The Hall–Kier alpha value is -4.09. The second-order valence-electron chi connectivity index (χ2n) is 9.16.